The first-order valence-electron chi connectivity index (χ1n) is 7.18. The number of ether oxygens (including phenoxy) is 1. The van der Waals surface area contributed by atoms with Crippen LogP contribution >= 0.6 is 0 Å². The van der Waals surface area contributed by atoms with Gasteiger partial charge >= 0.3 is 0 Å². The second-order valence-electron chi connectivity index (χ2n) is 5.96. The molecule has 1 saturated carbocycles. The molecular formula is C13H25N3O. The van der Waals surface area contributed by atoms with Crippen LogP contribution in [0.5, 0.6) is 0 Å². The van der Waals surface area contributed by atoms with Gasteiger partial charge < -0.3 is 4.74 Å². The molecular weight excluding hydrogens is 214 g/mol. The maximum atomic E-state index is 6.01. The van der Waals surface area contributed by atoms with Gasteiger partial charge in [-0.15, -0.1) is 0 Å². The van der Waals surface area contributed by atoms with E-state index in [1.165, 1.54) is 45.1 Å². The quantitative estimate of drug-likeness (QED) is 0.552. The van der Waals surface area contributed by atoms with E-state index < -0.39 is 0 Å². The van der Waals surface area contributed by atoms with Crippen LogP contribution in [0.3, 0.4) is 0 Å². The van der Waals surface area contributed by atoms with Crippen molar-refractivity contribution in [3.8, 4) is 0 Å². The molecule has 3 atom stereocenters. The Labute approximate surface area is 104 Å². The third-order valence-corrected chi connectivity index (χ3v) is 4.66. The Morgan fingerprint density at radius 2 is 2.24 bits per heavy atom. The van der Waals surface area contributed by atoms with E-state index >= 15 is 0 Å². The fourth-order valence-corrected chi connectivity index (χ4v) is 3.28. The maximum absolute atomic E-state index is 6.01. The van der Waals surface area contributed by atoms with Crippen molar-refractivity contribution in [1.82, 2.24) is 10.3 Å². The monoisotopic (exact) mass is 239 g/mol. The topological polar surface area (TPSA) is 50.5 Å². The van der Waals surface area contributed by atoms with Crippen molar-refractivity contribution in [2.75, 3.05) is 19.7 Å². The highest BCUT2D eigenvalue weighted by atomic mass is 16.5. The molecule has 2 saturated heterocycles. The molecule has 0 spiro atoms. The standard InChI is InChI=1S/C13H25N3O/c14-15-12(6-5-10-3-4-10)13-8-16-7-1-2-11(16)9-17-13/h10-13,15H,1-9,14H2. The molecule has 2 heterocycles. The summed E-state index contributed by atoms with van der Waals surface area (Å²) in [6.45, 7) is 3.24. The van der Waals surface area contributed by atoms with E-state index in [0.29, 0.717) is 18.2 Å². The molecule has 3 unspecified atom stereocenters. The summed E-state index contributed by atoms with van der Waals surface area (Å²) >= 11 is 0. The summed E-state index contributed by atoms with van der Waals surface area (Å²) in [6.07, 6.45) is 8.29. The first kappa shape index (κ1) is 11.9. The van der Waals surface area contributed by atoms with Gasteiger partial charge in [-0.25, -0.2) is 0 Å². The first-order chi connectivity index (χ1) is 8.36. The van der Waals surface area contributed by atoms with E-state index in [-0.39, 0.29) is 0 Å². The Hall–Kier alpha value is -0.160. The van der Waals surface area contributed by atoms with Crippen molar-refractivity contribution in [3.63, 3.8) is 0 Å². The van der Waals surface area contributed by atoms with Crippen LogP contribution in [-0.4, -0.2) is 42.8 Å². The number of nitrogens with one attached hydrogen (secondary N) is 1. The van der Waals surface area contributed by atoms with Crippen LogP contribution in [0.2, 0.25) is 0 Å². The summed E-state index contributed by atoms with van der Waals surface area (Å²) in [5.41, 5.74) is 2.98. The lowest BCUT2D eigenvalue weighted by molar-refractivity contribution is -0.0660. The van der Waals surface area contributed by atoms with E-state index in [1.54, 1.807) is 0 Å². The van der Waals surface area contributed by atoms with E-state index in [1.807, 2.05) is 0 Å². The Bertz CT molecular complexity index is 257. The SMILES string of the molecule is NNC(CCC1CC1)C1CN2CCCC2CO1. The van der Waals surface area contributed by atoms with Crippen LogP contribution in [0.15, 0.2) is 0 Å². The lowest BCUT2D eigenvalue weighted by atomic mass is 10.0. The number of hydrogen-bond donors (Lipinski definition) is 2. The van der Waals surface area contributed by atoms with Gasteiger partial charge in [0.15, 0.2) is 0 Å². The van der Waals surface area contributed by atoms with Gasteiger partial charge in [-0.05, 0) is 38.1 Å². The predicted molar refractivity (Wildman–Crippen MR) is 67.4 cm³/mol. The highest BCUT2D eigenvalue weighted by Gasteiger charge is 2.35. The number of nitrogens with zero attached hydrogens (tertiary/aromatic N) is 1. The number of hydrazine groups is 1. The summed E-state index contributed by atoms with van der Waals surface area (Å²) < 4.78 is 6.01. The summed E-state index contributed by atoms with van der Waals surface area (Å²) in [6, 6.07) is 1.03. The second-order valence-corrected chi connectivity index (χ2v) is 5.96. The van der Waals surface area contributed by atoms with Crippen LogP contribution < -0.4 is 11.3 Å². The normalized spacial score (nSPS) is 35.8. The molecule has 0 radical (unpaired) electrons. The maximum Gasteiger partial charge on any atom is 0.0868 e. The average molecular weight is 239 g/mol. The van der Waals surface area contributed by atoms with E-state index in [9.17, 15) is 0 Å². The predicted octanol–water partition coefficient (Wildman–Crippen LogP) is 0.872. The van der Waals surface area contributed by atoms with Crippen molar-refractivity contribution in [2.45, 2.75) is 56.7 Å². The lowest BCUT2D eigenvalue weighted by Crippen LogP contribution is -2.55. The molecule has 3 rings (SSSR count). The summed E-state index contributed by atoms with van der Waals surface area (Å²) in [4.78, 5) is 2.59. The van der Waals surface area contributed by atoms with Gasteiger partial charge in [-0.3, -0.25) is 16.2 Å². The minimum atomic E-state index is 0.299. The zero-order valence-corrected chi connectivity index (χ0v) is 10.6. The third kappa shape index (κ3) is 2.81. The fourth-order valence-electron chi connectivity index (χ4n) is 3.28. The molecule has 98 valence electrons. The molecule has 3 N–H and O–H groups in total. The van der Waals surface area contributed by atoms with Crippen LogP contribution in [0.25, 0.3) is 0 Å². The summed E-state index contributed by atoms with van der Waals surface area (Å²) in [5.74, 6) is 6.68. The summed E-state index contributed by atoms with van der Waals surface area (Å²) in [5, 5.41) is 0. The van der Waals surface area contributed by atoms with Crippen molar-refractivity contribution in [2.24, 2.45) is 11.8 Å². The molecule has 0 aromatic heterocycles. The largest absolute Gasteiger partial charge is 0.374 e. The fraction of sp³-hybridized carbons (Fsp3) is 1.00. The number of fused-ring (bicyclic) bond motifs is 1. The minimum Gasteiger partial charge on any atom is -0.374 e. The van der Waals surface area contributed by atoms with Gasteiger partial charge in [-0.1, -0.05) is 12.8 Å². The average Bonchev–Trinajstić information content (AvgIpc) is 3.06. The van der Waals surface area contributed by atoms with Gasteiger partial charge in [0.25, 0.3) is 0 Å². The molecule has 1 aliphatic carbocycles. The van der Waals surface area contributed by atoms with E-state index in [4.69, 9.17) is 10.6 Å². The zero-order valence-electron chi connectivity index (χ0n) is 10.6. The van der Waals surface area contributed by atoms with E-state index in [0.717, 1.165) is 19.1 Å². The molecule has 4 heteroatoms. The zero-order chi connectivity index (χ0) is 11.7. The van der Waals surface area contributed by atoms with Crippen molar-refractivity contribution in [1.29, 1.82) is 0 Å². The van der Waals surface area contributed by atoms with Gasteiger partial charge in [-0.2, -0.15) is 0 Å². The van der Waals surface area contributed by atoms with Crippen LogP contribution in [0.1, 0.15) is 38.5 Å². The first-order valence-corrected chi connectivity index (χ1v) is 7.18. The van der Waals surface area contributed by atoms with Gasteiger partial charge in [0, 0.05) is 18.6 Å². The molecule has 17 heavy (non-hydrogen) atoms. The molecule has 0 amide bonds. The van der Waals surface area contributed by atoms with Crippen molar-refractivity contribution < 1.29 is 4.74 Å². The summed E-state index contributed by atoms with van der Waals surface area (Å²) in [7, 11) is 0. The van der Waals surface area contributed by atoms with E-state index in [2.05, 4.69) is 10.3 Å². The number of hydrogen-bond acceptors (Lipinski definition) is 4. The van der Waals surface area contributed by atoms with Gasteiger partial charge in [0.05, 0.1) is 12.7 Å². The van der Waals surface area contributed by atoms with Crippen molar-refractivity contribution in [3.05, 3.63) is 0 Å². The number of rotatable bonds is 5. The lowest BCUT2D eigenvalue weighted by Gasteiger charge is -2.38. The van der Waals surface area contributed by atoms with Crippen LogP contribution in [0, 0.1) is 5.92 Å². The Morgan fingerprint density at radius 3 is 3.00 bits per heavy atom. The third-order valence-electron chi connectivity index (χ3n) is 4.66. The molecule has 0 aromatic carbocycles. The van der Waals surface area contributed by atoms with Gasteiger partial charge in [0.2, 0.25) is 0 Å². The Balaban J connectivity index is 1.50. The van der Waals surface area contributed by atoms with Crippen LogP contribution in [-0.2, 0) is 4.74 Å². The number of nitrogens with two attached hydrogens (primary N) is 1. The smallest absolute Gasteiger partial charge is 0.0868 e. The van der Waals surface area contributed by atoms with Gasteiger partial charge in [0.1, 0.15) is 0 Å². The molecule has 2 aliphatic heterocycles. The number of morpholine rings is 1. The van der Waals surface area contributed by atoms with Crippen molar-refractivity contribution >= 4 is 0 Å². The molecule has 3 fully saturated rings. The van der Waals surface area contributed by atoms with Crippen LogP contribution in [0.4, 0.5) is 0 Å². The molecule has 0 aromatic rings. The highest BCUT2D eigenvalue weighted by Crippen LogP contribution is 2.34. The Morgan fingerprint density at radius 1 is 1.35 bits per heavy atom. The Kier molecular flexibility index (Phi) is 3.66. The molecule has 4 nitrogen and oxygen atoms in total. The minimum absolute atomic E-state index is 0.299. The second kappa shape index (κ2) is 5.22. The molecule has 0 bridgehead atoms. The molecule has 3 aliphatic rings. The highest BCUT2D eigenvalue weighted by molar-refractivity contribution is 4.90.